The predicted molar refractivity (Wildman–Crippen MR) is 87.0 cm³/mol. The maximum absolute atomic E-state index is 12.5. The topological polar surface area (TPSA) is 50.2 Å². The zero-order valence-electron chi connectivity index (χ0n) is 12.6. The maximum atomic E-state index is 12.5. The van der Waals surface area contributed by atoms with Crippen LogP contribution in [-0.4, -0.2) is 45.9 Å². The highest BCUT2D eigenvalue weighted by Gasteiger charge is 2.40. The molecule has 3 aliphatic heterocycles. The summed E-state index contributed by atoms with van der Waals surface area (Å²) in [5, 5.41) is 9.45. The lowest BCUT2D eigenvalue weighted by molar-refractivity contribution is 0.0266. The van der Waals surface area contributed by atoms with Gasteiger partial charge < -0.3 is 5.32 Å². The molecule has 3 saturated heterocycles. The molecule has 2 aromatic rings. The molecule has 0 radical (unpaired) electrons. The first kappa shape index (κ1) is 14.0. The number of thiophene rings is 1. The van der Waals surface area contributed by atoms with Crippen LogP contribution in [0.5, 0.6) is 0 Å². The lowest BCUT2D eigenvalue weighted by Gasteiger charge is -2.49. The van der Waals surface area contributed by atoms with E-state index in [2.05, 4.69) is 22.2 Å². The van der Waals surface area contributed by atoms with E-state index in [0.29, 0.717) is 12.0 Å². The zero-order valence-corrected chi connectivity index (χ0v) is 13.4. The minimum Gasteiger partial charge on any atom is -0.332 e. The Hall–Kier alpha value is -1.66. The summed E-state index contributed by atoms with van der Waals surface area (Å²) in [6.45, 7) is 4.56. The van der Waals surface area contributed by atoms with E-state index in [9.17, 15) is 4.79 Å². The number of carbonyl (C=O) groups excluding carboxylic acids is 1. The quantitative estimate of drug-likeness (QED) is 0.926. The van der Waals surface area contributed by atoms with E-state index in [1.165, 1.54) is 30.6 Å². The van der Waals surface area contributed by atoms with Crippen LogP contribution in [-0.2, 0) is 0 Å². The number of nitrogens with one attached hydrogen (secondary N) is 1. The van der Waals surface area contributed by atoms with Crippen molar-refractivity contribution in [2.45, 2.75) is 31.8 Å². The van der Waals surface area contributed by atoms with Crippen molar-refractivity contribution < 1.29 is 4.79 Å². The van der Waals surface area contributed by atoms with Crippen LogP contribution in [0.3, 0.4) is 0 Å². The summed E-state index contributed by atoms with van der Waals surface area (Å²) in [6, 6.07) is 4.59. The molecule has 5 heterocycles. The van der Waals surface area contributed by atoms with Gasteiger partial charge in [-0.25, -0.2) is 4.79 Å². The summed E-state index contributed by atoms with van der Waals surface area (Å²) in [7, 11) is 0. The predicted octanol–water partition coefficient (Wildman–Crippen LogP) is 2.65. The van der Waals surface area contributed by atoms with Crippen molar-refractivity contribution in [3.05, 3.63) is 29.9 Å². The van der Waals surface area contributed by atoms with Crippen LogP contribution in [0.4, 0.5) is 4.79 Å². The second-order valence-electron chi connectivity index (χ2n) is 6.24. The Morgan fingerprint density at radius 3 is 2.91 bits per heavy atom. The molecule has 3 aliphatic rings. The number of hydrogen-bond donors (Lipinski definition) is 1. The lowest BCUT2D eigenvalue weighted by atomic mass is 9.79. The Morgan fingerprint density at radius 2 is 2.23 bits per heavy atom. The van der Waals surface area contributed by atoms with E-state index in [4.69, 9.17) is 0 Å². The van der Waals surface area contributed by atoms with Gasteiger partial charge in [0.25, 0.3) is 0 Å². The number of hydrogen-bond acceptors (Lipinski definition) is 4. The lowest BCUT2D eigenvalue weighted by Crippen LogP contribution is -2.62. The summed E-state index contributed by atoms with van der Waals surface area (Å²) in [6.07, 6.45) is 5.95. The van der Waals surface area contributed by atoms with E-state index in [-0.39, 0.29) is 12.1 Å². The highest BCUT2D eigenvalue weighted by molar-refractivity contribution is 7.13. The molecule has 22 heavy (non-hydrogen) atoms. The van der Waals surface area contributed by atoms with Crippen molar-refractivity contribution in [2.75, 3.05) is 13.1 Å². The summed E-state index contributed by atoms with van der Waals surface area (Å²) in [5.41, 5.74) is 0.993. The van der Waals surface area contributed by atoms with Crippen LogP contribution in [0.1, 0.15) is 19.8 Å². The van der Waals surface area contributed by atoms with Crippen molar-refractivity contribution in [2.24, 2.45) is 5.92 Å². The van der Waals surface area contributed by atoms with Gasteiger partial charge in [0.05, 0.1) is 6.20 Å². The Labute approximate surface area is 133 Å². The summed E-state index contributed by atoms with van der Waals surface area (Å²) in [5.74, 6) is 0.608. The monoisotopic (exact) mass is 316 g/mol. The molecule has 5 rings (SSSR count). The van der Waals surface area contributed by atoms with Crippen LogP contribution in [0, 0.1) is 5.92 Å². The van der Waals surface area contributed by atoms with Gasteiger partial charge in [-0.1, -0.05) is 6.07 Å². The molecule has 2 atom stereocenters. The molecule has 1 amide bonds. The fourth-order valence-corrected chi connectivity index (χ4v) is 4.46. The van der Waals surface area contributed by atoms with Crippen molar-refractivity contribution in [1.82, 2.24) is 20.0 Å². The first-order valence-corrected chi connectivity index (χ1v) is 8.74. The number of aromatic nitrogens is 2. The molecular formula is C16H20N4OS. The Bertz CT molecular complexity index is 656. The normalized spacial score (nSPS) is 30.4. The first-order valence-electron chi connectivity index (χ1n) is 7.86. The van der Waals surface area contributed by atoms with E-state index >= 15 is 0 Å². The number of fused-ring (bicyclic) bond motifs is 3. The first-order chi connectivity index (χ1) is 10.7. The van der Waals surface area contributed by atoms with E-state index in [1.54, 1.807) is 17.5 Å². The molecule has 0 spiro atoms. The minimum absolute atomic E-state index is 0.117. The van der Waals surface area contributed by atoms with Gasteiger partial charge in [0.1, 0.15) is 0 Å². The molecule has 6 heteroatoms. The highest BCUT2D eigenvalue weighted by Crippen LogP contribution is 2.32. The summed E-state index contributed by atoms with van der Waals surface area (Å²) >= 11 is 1.66. The Morgan fingerprint density at radius 1 is 1.41 bits per heavy atom. The van der Waals surface area contributed by atoms with Gasteiger partial charge in [-0.05, 0) is 50.2 Å². The van der Waals surface area contributed by atoms with E-state index in [1.807, 2.05) is 23.7 Å². The molecule has 0 unspecified atom stereocenters. The fraction of sp³-hybridized carbons (Fsp3) is 0.500. The Kier molecular flexibility index (Phi) is 3.50. The van der Waals surface area contributed by atoms with Gasteiger partial charge in [0, 0.05) is 28.7 Å². The largest absolute Gasteiger partial charge is 0.342 e. The standard InChI is InChI=1S/C16H20N4OS/c1-11-15(12-4-6-19(11)7-5-12)18-16(21)20-10-13(9-17-20)14-3-2-8-22-14/h2-3,8-12,15H,4-7H2,1H3,(H,18,21)/t11-,15-/m0/s1. The minimum atomic E-state index is -0.117. The smallest absolute Gasteiger partial charge is 0.332 e. The molecule has 1 N–H and O–H groups in total. The second kappa shape index (κ2) is 5.52. The van der Waals surface area contributed by atoms with E-state index in [0.717, 1.165) is 10.4 Å². The van der Waals surface area contributed by atoms with Crippen LogP contribution < -0.4 is 5.32 Å². The average Bonchev–Trinajstić information content (AvgIpc) is 3.21. The van der Waals surface area contributed by atoms with Crippen LogP contribution in [0.2, 0.25) is 0 Å². The van der Waals surface area contributed by atoms with Gasteiger partial charge in [-0.3, -0.25) is 4.90 Å². The maximum Gasteiger partial charge on any atom is 0.342 e. The molecule has 2 aromatic heterocycles. The van der Waals surface area contributed by atoms with Gasteiger partial charge >= 0.3 is 6.03 Å². The van der Waals surface area contributed by atoms with Gasteiger partial charge in [-0.2, -0.15) is 9.78 Å². The van der Waals surface area contributed by atoms with Crippen LogP contribution in [0.15, 0.2) is 29.9 Å². The van der Waals surface area contributed by atoms with Gasteiger partial charge in [-0.15, -0.1) is 11.3 Å². The van der Waals surface area contributed by atoms with Gasteiger partial charge in [0.2, 0.25) is 0 Å². The van der Waals surface area contributed by atoms with Crippen molar-refractivity contribution in [3.63, 3.8) is 0 Å². The van der Waals surface area contributed by atoms with E-state index < -0.39 is 0 Å². The fourth-order valence-electron chi connectivity index (χ4n) is 3.76. The summed E-state index contributed by atoms with van der Waals surface area (Å²) in [4.78, 5) is 16.1. The number of piperidine rings is 3. The van der Waals surface area contributed by atoms with Crippen molar-refractivity contribution in [3.8, 4) is 10.4 Å². The van der Waals surface area contributed by atoms with Crippen LogP contribution >= 0.6 is 11.3 Å². The molecule has 3 fully saturated rings. The number of rotatable bonds is 2. The highest BCUT2D eigenvalue weighted by atomic mass is 32.1. The van der Waals surface area contributed by atoms with Crippen LogP contribution in [0.25, 0.3) is 10.4 Å². The van der Waals surface area contributed by atoms with Gasteiger partial charge in [0.15, 0.2) is 0 Å². The molecule has 0 saturated carbocycles. The average molecular weight is 316 g/mol. The zero-order chi connectivity index (χ0) is 15.1. The molecular weight excluding hydrogens is 296 g/mol. The number of amides is 1. The SMILES string of the molecule is C[C@H]1[C@H](NC(=O)n2cc(-c3cccs3)cn2)C2CCN1CC2. The molecule has 5 nitrogen and oxygen atoms in total. The van der Waals surface area contributed by atoms with Crippen molar-refractivity contribution in [1.29, 1.82) is 0 Å². The third kappa shape index (κ3) is 2.36. The molecule has 116 valence electrons. The number of carbonyl (C=O) groups is 1. The molecule has 0 aromatic carbocycles. The Balaban J connectivity index is 1.48. The molecule has 0 aliphatic carbocycles. The third-order valence-electron chi connectivity index (χ3n) is 5.06. The van der Waals surface area contributed by atoms with Crippen molar-refractivity contribution >= 4 is 17.4 Å². The third-order valence-corrected chi connectivity index (χ3v) is 5.98. The summed E-state index contributed by atoms with van der Waals surface area (Å²) < 4.78 is 1.43. The second-order valence-corrected chi connectivity index (χ2v) is 7.19. The molecule has 2 bridgehead atoms. The number of nitrogens with zero attached hydrogens (tertiary/aromatic N) is 3.